The Morgan fingerprint density at radius 2 is 1.93 bits per heavy atom. The van der Waals surface area contributed by atoms with E-state index in [1.165, 1.54) is 0 Å². The van der Waals surface area contributed by atoms with E-state index in [1.54, 1.807) is 0 Å². The van der Waals surface area contributed by atoms with E-state index in [1.807, 2.05) is 25.1 Å². The second-order valence-corrected chi connectivity index (χ2v) is 4.17. The summed E-state index contributed by atoms with van der Waals surface area (Å²) in [5.74, 6) is 0.0577. The predicted molar refractivity (Wildman–Crippen MR) is 60.0 cm³/mol. The molecule has 0 aromatic heterocycles. The molecule has 0 aliphatic rings. The minimum Gasteiger partial charge on any atom is -0.303 e. The van der Waals surface area contributed by atoms with Crippen LogP contribution in [-0.2, 0) is 11.2 Å². The van der Waals surface area contributed by atoms with E-state index < -0.39 is 0 Å². The molecule has 0 aliphatic heterocycles. The van der Waals surface area contributed by atoms with Crippen molar-refractivity contribution in [3.63, 3.8) is 0 Å². The molecule has 3 heteroatoms. The maximum absolute atomic E-state index is 10.4. The number of carbonyl (C=O) groups is 1. The van der Waals surface area contributed by atoms with Crippen LogP contribution in [0.3, 0.4) is 0 Å². The molecule has 1 atom stereocenters. The van der Waals surface area contributed by atoms with Gasteiger partial charge in [0, 0.05) is 16.0 Å². The Balaban J connectivity index is 2.71. The number of aldehydes is 1. The fourth-order valence-corrected chi connectivity index (χ4v) is 1.80. The molecule has 76 valence electrons. The Morgan fingerprint density at radius 3 is 2.43 bits per heavy atom. The molecule has 1 rings (SSSR count). The molecule has 0 saturated carbocycles. The molecular formula is C11H12Cl2O. The molecule has 0 fully saturated rings. The Morgan fingerprint density at radius 1 is 1.36 bits per heavy atom. The van der Waals surface area contributed by atoms with Crippen LogP contribution in [0.15, 0.2) is 18.2 Å². The average molecular weight is 231 g/mol. The van der Waals surface area contributed by atoms with Gasteiger partial charge in [0.2, 0.25) is 0 Å². The zero-order valence-corrected chi connectivity index (χ0v) is 9.48. The lowest BCUT2D eigenvalue weighted by Gasteiger charge is -2.07. The van der Waals surface area contributed by atoms with Crippen molar-refractivity contribution in [2.75, 3.05) is 0 Å². The topological polar surface area (TPSA) is 17.1 Å². The zero-order valence-electron chi connectivity index (χ0n) is 7.97. The molecule has 1 nitrogen and oxygen atoms in total. The number of rotatable bonds is 4. The van der Waals surface area contributed by atoms with Crippen molar-refractivity contribution < 1.29 is 4.79 Å². The fourth-order valence-electron chi connectivity index (χ4n) is 1.21. The lowest BCUT2D eigenvalue weighted by Crippen LogP contribution is -1.99. The SMILES string of the molecule is CC(C=O)CCc1c(Cl)cccc1Cl. The van der Waals surface area contributed by atoms with Crippen LogP contribution < -0.4 is 0 Å². The maximum Gasteiger partial charge on any atom is 0.122 e. The molecule has 1 unspecified atom stereocenters. The van der Waals surface area contributed by atoms with E-state index in [0.717, 1.165) is 24.7 Å². The van der Waals surface area contributed by atoms with Gasteiger partial charge in [-0.05, 0) is 30.5 Å². The standard InChI is InChI=1S/C11H12Cl2O/c1-8(7-14)5-6-9-10(12)3-2-4-11(9)13/h2-4,7-8H,5-6H2,1H3. The summed E-state index contributed by atoms with van der Waals surface area (Å²) in [7, 11) is 0. The molecule has 1 aromatic rings. The van der Waals surface area contributed by atoms with Crippen LogP contribution in [0.25, 0.3) is 0 Å². The quantitative estimate of drug-likeness (QED) is 0.721. The van der Waals surface area contributed by atoms with Crippen LogP contribution in [0.1, 0.15) is 18.9 Å². The molecule has 0 amide bonds. The van der Waals surface area contributed by atoms with Crippen molar-refractivity contribution in [1.29, 1.82) is 0 Å². The summed E-state index contributed by atoms with van der Waals surface area (Å²) in [5, 5.41) is 1.35. The first-order chi connectivity index (χ1) is 6.65. The molecule has 0 spiro atoms. The van der Waals surface area contributed by atoms with E-state index in [2.05, 4.69) is 0 Å². The highest BCUT2D eigenvalue weighted by Crippen LogP contribution is 2.26. The van der Waals surface area contributed by atoms with E-state index in [-0.39, 0.29) is 5.92 Å². The van der Waals surface area contributed by atoms with Gasteiger partial charge in [0.15, 0.2) is 0 Å². The van der Waals surface area contributed by atoms with Gasteiger partial charge in [0.25, 0.3) is 0 Å². The van der Waals surface area contributed by atoms with Crippen LogP contribution in [0, 0.1) is 5.92 Å². The van der Waals surface area contributed by atoms with Gasteiger partial charge in [0.05, 0.1) is 0 Å². The monoisotopic (exact) mass is 230 g/mol. The minimum atomic E-state index is 0.0577. The number of hydrogen-bond donors (Lipinski definition) is 0. The third kappa shape index (κ3) is 3.00. The van der Waals surface area contributed by atoms with Crippen molar-refractivity contribution in [3.05, 3.63) is 33.8 Å². The van der Waals surface area contributed by atoms with Crippen LogP contribution in [0.2, 0.25) is 10.0 Å². The van der Waals surface area contributed by atoms with Gasteiger partial charge >= 0.3 is 0 Å². The van der Waals surface area contributed by atoms with Gasteiger partial charge < -0.3 is 4.79 Å². The Bertz CT molecular complexity index is 303. The second kappa shape index (κ2) is 5.38. The largest absolute Gasteiger partial charge is 0.303 e. The first kappa shape index (κ1) is 11.5. The average Bonchev–Trinajstić information content (AvgIpc) is 2.16. The van der Waals surface area contributed by atoms with Crippen molar-refractivity contribution in [3.8, 4) is 0 Å². The van der Waals surface area contributed by atoms with E-state index >= 15 is 0 Å². The summed E-state index contributed by atoms with van der Waals surface area (Å²) >= 11 is 12.0. The minimum absolute atomic E-state index is 0.0577. The molecule has 0 bridgehead atoms. The summed E-state index contributed by atoms with van der Waals surface area (Å²) in [4.78, 5) is 10.4. The van der Waals surface area contributed by atoms with E-state index in [9.17, 15) is 4.79 Å². The Labute approximate surface area is 94.0 Å². The number of benzene rings is 1. The lowest BCUT2D eigenvalue weighted by atomic mass is 10.0. The molecule has 0 N–H and O–H groups in total. The molecule has 0 aliphatic carbocycles. The van der Waals surface area contributed by atoms with Gasteiger partial charge in [-0.25, -0.2) is 0 Å². The smallest absolute Gasteiger partial charge is 0.122 e. The maximum atomic E-state index is 10.4. The lowest BCUT2D eigenvalue weighted by molar-refractivity contribution is -0.110. The first-order valence-corrected chi connectivity index (χ1v) is 5.29. The van der Waals surface area contributed by atoms with Crippen LogP contribution >= 0.6 is 23.2 Å². The normalized spacial score (nSPS) is 12.5. The summed E-state index contributed by atoms with van der Waals surface area (Å²) in [6, 6.07) is 5.44. The van der Waals surface area contributed by atoms with E-state index in [0.29, 0.717) is 10.0 Å². The van der Waals surface area contributed by atoms with Gasteiger partial charge in [-0.3, -0.25) is 0 Å². The molecule has 1 aromatic carbocycles. The van der Waals surface area contributed by atoms with Crippen molar-refractivity contribution in [1.82, 2.24) is 0 Å². The highest BCUT2D eigenvalue weighted by Gasteiger charge is 2.07. The van der Waals surface area contributed by atoms with Crippen molar-refractivity contribution in [2.24, 2.45) is 5.92 Å². The van der Waals surface area contributed by atoms with Crippen LogP contribution in [0.4, 0.5) is 0 Å². The summed E-state index contributed by atoms with van der Waals surface area (Å²) in [5.41, 5.74) is 0.935. The van der Waals surface area contributed by atoms with Crippen molar-refractivity contribution >= 4 is 29.5 Å². The fraction of sp³-hybridized carbons (Fsp3) is 0.364. The highest BCUT2D eigenvalue weighted by atomic mass is 35.5. The Hall–Kier alpha value is -0.530. The predicted octanol–water partition coefficient (Wildman–Crippen LogP) is 3.76. The van der Waals surface area contributed by atoms with E-state index in [4.69, 9.17) is 23.2 Å². The summed E-state index contributed by atoms with van der Waals surface area (Å²) in [6.45, 7) is 1.89. The molecule has 14 heavy (non-hydrogen) atoms. The second-order valence-electron chi connectivity index (χ2n) is 3.35. The molecular weight excluding hydrogens is 219 g/mol. The summed E-state index contributed by atoms with van der Waals surface area (Å²) < 4.78 is 0. The third-order valence-corrected chi connectivity index (χ3v) is 2.85. The first-order valence-electron chi connectivity index (χ1n) is 4.53. The Kier molecular flexibility index (Phi) is 4.43. The highest BCUT2D eigenvalue weighted by molar-refractivity contribution is 6.35. The van der Waals surface area contributed by atoms with Crippen molar-refractivity contribution in [2.45, 2.75) is 19.8 Å². The number of hydrogen-bond acceptors (Lipinski definition) is 1. The van der Waals surface area contributed by atoms with Gasteiger partial charge in [-0.1, -0.05) is 36.2 Å². The molecule has 0 heterocycles. The van der Waals surface area contributed by atoms with Crippen LogP contribution in [0.5, 0.6) is 0 Å². The van der Waals surface area contributed by atoms with Crippen LogP contribution in [-0.4, -0.2) is 6.29 Å². The van der Waals surface area contributed by atoms with Gasteiger partial charge in [0.1, 0.15) is 6.29 Å². The molecule has 0 radical (unpaired) electrons. The molecule has 0 saturated heterocycles. The van der Waals surface area contributed by atoms with Gasteiger partial charge in [-0.15, -0.1) is 0 Å². The number of carbonyl (C=O) groups excluding carboxylic acids is 1. The number of halogens is 2. The third-order valence-electron chi connectivity index (χ3n) is 2.14. The summed E-state index contributed by atoms with van der Waals surface area (Å²) in [6.07, 6.45) is 2.48. The zero-order chi connectivity index (χ0) is 10.6. The van der Waals surface area contributed by atoms with Gasteiger partial charge in [-0.2, -0.15) is 0 Å².